The van der Waals surface area contributed by atoms with Crippen molar-refractivity contribution in [2.75, 3.05) is 0 Å². The van der Waals surface area contributed by atoms with Crippen molar-refractivity contribution in [1.82, 2.24) is 4.98 Å². The Morgan fingerprint density at radius 3 is 2.42 bits per heavy atom. The Labute approximate surface area is 107 Å². The van der Waals surface area contributed by atoms with Gasteiger partial charge in [-0.05, 0) is 6.07 Å². The summed E-state index contributed by atoms with van der Waals surface area (Å²) in [6.07, 6.45) is -8.59. The number of halogens is 6. The Kier molecular flexibility index (Phi) is 4.51. The largest absolute Gasteiger partial charge is 0.574 e. The molecule has 0 aliphatic heterocycles. The number of aromatic nitrogens is 1. The van der Waals surface area contributed by atoms with E-state index in [0.29, 0.717) is 6.07 Å². The molecule has 1 N–H and O–H groups in total. The lowest BCUT2D eigenvalue weighted by Gasteiger charge is -2.14. The Bertz CT molecular complexity index is 491. The zero-order valence-electron chi connectivity index (χ0n) is 8.84. The van der Waals surface area contributed by atoms with Gasteiger partial charge in [-0.3, -0.25) is 0 Å². The monoisotopic (exact) mass is 305 g/mol. The second-order valence-electron chi connectivity index (χ2n) is 3.18. The number of hydrogen-bond acceptors (Lipinski definition) is 3. The van der Waals surface area contributed by atoms with Crippen LogP contribution in [0.5, 0.6) is 5.88 Å². The molecule has 0 radical (unpaired) electrons. The maximum atomic E-state index is 12.6. The van der Waals surface area contributed by atoms with Crippen molar-refractivity contribution in [3.63, 3.8) is 0 Å². The molecular weight excluding hydrogens is 301 g/mol. The van der Waals surface area contributed by atoms with E-state index in [9.17, 15) is 26.7 Å². The van der Waals surface area contributed by atoms with Crippen LogP contribution in [-0.2, 0) is 5.88 Å². The predicted octanol–water partition coefficient (Wildman–Crippen LogP) is 3.35. The van der Waals surface area contributed by atoms with Gasteiger partial charge in [-0.2, -0.15) is 0 Å². The van der Waals surface area contributed by atoms with Crippen LogP contribution in [0.15, 0.2) is 6.07 Å². The molecule has 0 saturated carbocycles. The predicted molar refractivity (Wildman–Crippen MR) is 52.4 cm³/mol. The molecular formula is C9H5ClF5NO3. The zero-order chi connectivity index (χ0) is 14.8. The van der Waals surface area contributed by atoms with Gasteiger partial charge in [0, 0.05) is 11.4 Å². The molecule has 0 amide bonds. The highest BCUT2D eigenvalue weighted by Gasteiger charge is 2.35. The molecule has 0 spiro atoms. The van der Waals surface area contributed by atoms with Crippen LogP contribution < -0.4 is 4.74 Å². The SMILES string of the molecule is O=C(O)c1nc(OC(F)(F)F)c(C(F)F)cc1CCl. The highest BCUT2D eigenvalue weighted by Crippen LogP contribution is 2.33. The first-order valence-corrected chi connectivity index (χ1v) is 5.06. The molecule has 1 heterocycles. The third kappa shape index (κ3) is 3.91. The van der Waals surface area contributed by atoms with Crippen molar-refractivity contribution in [3.8, 4) is 5.88 Å². The van der Waals surface area contributed by atoms with Crippen LogP contribution in [0.4, 0.5) is 22.0 Å². The Morgan fingerprint density at radius 1 is 1.47 bits per heavy atom. The molecule has 0 atom stereocenters. The molecule has 0 aliphatic carbocycles. The van der Waals surface area contributed by atoms with Crippen LogP contribution in [0.2, 0.25) is 0 Å². The summed E-state index contributed by atoms with van der Waals surface area (Å²) in [5.41, 5.74) is -2.39. The number of aromatic carboxylic acids is 1. The molecule has 1 aromatic heterocycles. The lowest BCUT2D eigenvalue weighted by atomic mass is 10.1. The van der Waals surface area contributed by atoms with E-state index in [1.54, 1.807) is 0 Å². The summed E-state index contributed by atoms with van der Waals surface area (Å²) in [5, 5.41) is 8.70. The summed E-state index contributed by atoms with van der Waals surface area (Å²) in [6.45, 7) is 0. The van der Waals surface area contributed by atoms with E-state index in [0.717, 1.165) is 0 Å². The summed E-state index contributed by atoms with van der Waals surface area (Å²) < 4.78 is 64.5. The highest BCUT2D eigenvalue weighted by atomic mass is 35.5. The van der Waals surface area contributed by atoms with Crippen LogP contribution in [0.25, 0.3) is 0 Å². The van der Waals surface area contributed by atoms with E-state index in [1.807, 2.05) is 0 Å². The van der Waals surface area contributed by atoms with Crippen molar-refractivity contribution >= 4 is 17.6 Å². The molecule has 1 aromatic rings. The highest BCUT2D eigenvalue weighted by molar-refractivity contribution is 6.17. The third-order valence-electron chi connectivity index (χ3n) is 1.89. The molecule has 4 nitrogen and oxygen atoms in total. The molecule has 0 saturated heterocycles. The van der Waals surface area contributed by atoms with Crippen molar-refractivity contribution in [3.05, 3.63) is 22.9 Å². The minimum Gasteiger partial charge on any atom is -0.476 e. The number of nitrogens with zero attached hydrogens (tertiary/aromatic N) is 1. The average molecular weight is 306 g/mol. The zero-order valence-corrected chi connectivity index (χ0v) is 9.60. The summed E-state index contributed by atoms with van der Waals surface area (Å²) in [5.74, 6) is -3.71. The second-order valence-corrected chi connectivity index (χ2v) is 3.45. The fourth-order valence-corrected chi connectivity index (χ4v) is 1.39. The van der Waals surface area contributed by atoms with Gasteiger partial charge in [0.15, 0.2) is 5.69 Å². The van der Waals surface area contributed by atoms with E-state index >= 15 is 0 Å². The van der Waals surface area contributed by atoms with Gasteiger partial charge in [0.05, 0.1) is 5.56 Å². The van der Waals surface area contributed by atoms with E-state index in [1.165, 1.54) is 0 Å². The van der Waals surface area contributed by atoms with Crippen LogP contribution in [0.1, 0.15) is 28.0 Å². The average Bonchev–Trinajstić information content (AvgIpc) is 2.25. The fraction of sp³-hybridized carbons (Fsp3) is 0.333. The van der Waals surface area contributed by atoms with Crippen LogP contribution in [0.3, 0.4) is 0 Å². The fourth-order valence-electron chi connectivity index (χ4n) is 1.19. The number of carboxylic acid groups (broad SMARTS) is 1. The molecule has 0 unspecified atom stereocenters. The van der Waals surface area contributed by atoms with Crippen molar-refractivity contribution in [2.24, 2.45) is 0 Å². The number of hydrogen-bond donors (Lipinski definition) is 1. The minimum atomic E-state index is -5.27. The van der Waals surface area contributed by atoms with E-state index < -0.39 is 41.8 Å². The molecule has 0 bridgehead atoms. The minimum absolute atomic E-state index is 0.334. The molecule has 1 rings (SSSR count). The molecule has 19 heavy (non-hydrogen) atoms. The van der Waals surface area contributed by atoms with Gasteiger partial charge >= 0.3 is 12.3 Å². The third-order valence-corrected chi connectivity index (χ3v) is 2.18. The number of rotatable bonds is 4. The van der Waals surface area contributed by atoms with Crippen LogP contribution >= 0.6 is 11.6 Å². The first kappa shape index (κ1) is 15.4. The van der Waals surface area contributed by atoms with Gasteiger partial charge in [0.25, 0.3) is 6.43 Å². The van der Waals surface area contributed by atoms with Gasteiger partial charge in [-0.25, -0.2) is 18.6 Å². The Morgan fingerprint density at radius 2 is 2.05 bits per heavy atom. The van der Waals surface area contributed by atoms with Gasteiger partial charge in [0.1, 0.15) is 0 Å². The van der Waals surface area contributed by atoms with Gasteiger partial charge < -0.3 is 9.84 Å². The molecule has 0 aromatic carbocycles. The number of pyridine rings is 1. The smallest absolute Gasteiger partial charge is 0.476 e. The standard InChI is InChI=1S/C9H5ClF5NO3/c10-2-3-1-4(6(11)12)7(19-9(13,14)15)16-5(3)8(17)18/h1,6H,2H2,(H,17,18). The lowest BCUT2D eigenvalue weighted by molar-refractivity contribution is -0.276. The van der Waals surface area contributed by atoms with Crippen LogP contribution in [-0.4, -0.2) is 22.4 Å². The second kappa shape index (κ2) is 5.55. The summed E-state index contributed by atoms with van der Waals surface area (Å²) >= 11 is 5.33. The van der Waals surface area contributed by atoms with E-state index in [2.05, 4.69) is 9.72 Å². The van der Waals surface area contributed by atoms with Crippen molar-refractivity contribution < 1.29 is 36.6 Å². The molecule has 0 fully saturated rings. The van der Waals surface area contributed by atoms with E-state index in [-0.39, 0.29) is 5.56 Å². The number of alkyl halides is 6. The summed E-state index contributed by atoms with van der Waals surface area (Å²) in [6, 6.07) is 0.523. The maximum Gasteiger partial charge on any atom is 0.574 e. The van der Waals surface area contributed by atoms with Crippen LogP contribution in [0, 0.1) is 0 Å². The lowest BCUT2D eigenvalue weighted by Crippen LogP contribution is -2.20. The summed E-state index contributed by atoms with van der Waals surface area (Å²) in [4.78, 5) is 13.7. The van der Waals surface area contributed by atoms with E-state index in [4.69, 9.17) is 16.7 Å². The quantitative estimate of drug-likeness (QED) is 0.684. The molecule has 106 valence electrons. The first-order valence-electron chi connectivity index (χ1n) is 4.52. The van der Waals surface area contributed by atoms with Gasteiger partial charge in [-0.15, -0.1) is 24.8 Å². The van der Waals surface area contributed by atoms with Crippen molar-refractivity contribution in [2.45, 2.75) is 18.7 Å². The summed E-state index contributed by atoms with van der Waals surface area (Å²) in [7, 11) is 0. The molecule has 10 heteroatoms. The molecule has 0 aliphatic rings. The topological polar surface area (TPSA) is 59.4 Å². The number of carboxylic acids is 1. The van der Waals surface area contributed by atoms with Crippen molar-refractivity contribution in [1.29, 1.82) is 0 Å². The first-order chi connectivity index (χ1) is 8.65. The maximum absolute atomic E-state index is 12.6. The normalized spacial score (nSPS) is 11.7. The number of ether oxygens (including phenoxy) is 1. The Balaban J connectivity index is 3.41. The van der Waals surface area contributed by atoms with Gasteiger partial charge in [-0.1, -0.05) is 0 Å². The Hall–Kier alpha value is -1.64. The van der Waals surface area contributed by atoms with Gasteiger partial charge in [0.2, 0.25) is 5.88 Å². The number of carbonyl (C=O) groups is 1.